The molecule has 2 rings (SSSR count). The van der Waals surface area contributed by atoms with Gasteiger partial charge in [-0.25, -0.2) is 8.78 Å². The maximum atomic E-state index is 13.9. The molecular formula is C15H12Br2F2. The molecule has 2 aromatic carbocycles. The second-order valence-corrected chi connectivity index (χ2v) is 6.33. The van der Waals surface area contributed by atoms with Gasteiger partial charge in [-0.2, -0.15) is 0 Å². The van der Waals surface area contributed by atoms with E-state index in [9.17, 15) is 8.78 Å². The molecule has 0 nitrogen and oxygen atoms in total. The van der Waals surface area contributed by atoms with Gasteiger partial charge in [0, 0.05) is 10.0 Å². The highest BCUT2D eigenvalue weighted by Gasteiger charge is 2.17. The monoisotopic (exact) mass is 388 g/mol. The van der Waals surface area contributed by atoms with Gasteiger partial charge in [0.15, 0.2) is 0 Å². The van der Waals surface area contributed by atoms with E-state index in [0.717, 1.165) is 10.0 Å². The van der Waals surface area contributed by atoms with Gasteiger partial charge in [0.25, 0.3) is 0 Å². The van der Waals surface area contributed by atoms with E-state index in [1.54, 1.807) is 38.1 Å². The Bertz CT molecular complexity index is 601. The topological polar surface area (TPSA) is 0 Å². The lowest BCUT2D eigenvalue weighted by Gasteiger charge is -2.14. The fourth-order valence-corrected chi connectivity index (χ4v) is 3.01. The van der Waals surface area contributed by atoms with Crippen LogP contribution < -0.4 is 0 Å². The van der Waals surface area contributed by atoms with Gasteiger partial charge in [0.2, 0.25) is 0 Å². The SMILES string of the molecule is Cc1cc(C(Br)c2cc(Br)ccc2F)cc(C)c1F. The van der Waals surface area contributed by atoms with Gasteiger partial charge >= 0.3 is 0 Å². The first-order valence-corrected chi connectivity index (χ1v) is 7.46. The summed E-state index contributed by atoms with van der Waals surface area (Å²) >= 11 is 6.82. The van der Waals surface area contributed by atoms with Gasteiger partial charge in [-0.3, -0.25) is 0 Å². The molecule has 100 valence electrons. The van der Waals surface area contributed by atoms with Crippen molar-refractivity contribution in [3.63, 3.8) is 0 Å². The normalized spacial score (nSPS) is 12.5. The maximum Gasteiger partial charge on any atom is 0.129 e. The Morgan fingerprint density at radius 2 is 1.58 bits per heavy atom. The molecular weight excluding hydrogens is 378 g/mol. The van der Waals surface area contributed by atoms with Gasteiger partial charge in [-0.05, 0) is 48.7 Å². The van der Waals surface area contributed by atoms with Crippen molar-refractivity contribution in [2.45, 2.75) is 18.7 Å². The fraction of sp³-hybridized carbons (Fsp3) is 0.200. The number of halogens is 4. The third-order valence-corrected chi connectivity index (χ3v) is 4.50. The quantitative estimate of drug-likeness (QED) is 0.567. The molecule has 2 aromatic rings. The molecule has 0 radical (unpaired) electrons. The van der Waals surface area contributed by atoms with Gasteiger partial charge < -0.3 is 0 Å². The highest BCUT2D eigenvalue weighted by atomic mass is 79.9. The predicted molar refractivity (Wildman–Crippen MR) is 80.7 cm³/mol. The smallest absolute Gasteiger partial charge is 0.129 e. The summed E-state index contributed by atoms with van der Waals surface area (Å²) in [4.78, 5) is -0.303. The average molecular weight is 390 g/mol. The van der Waals surface area contributed by atoms with Crippen LogP contribution in [0.3, 0.4) is 0 Å². The van der Waals surface area contributed by atoms with Crippen LogP contribution in [0.25, 0.3) is 0 Å². The highest BCUT2D eigenvalue weighted by molar-refractivity contribution is 9.10. The molecule has 0 aliphatic carbocycles. The predicted octanol–water partition coefficient (Wildman–Crippen LogP) is 5.83. The van der Waals surface area contributed by atoms with Crippen molar-refractivity contribution in [1.29, 1.82) is 0 Å². The molecule has 0 saturated heterocycles. The fourth-order valence-electron chi connectivity index (χ4n) is 2.01. The van der Waals surface area contributed by atoms with Crippen LogP contribution in [0.2, 0.25) is 0 Å². The molecule has 0 bridgehead atoms. The van der Waals surface area contributed by atoms with E-state index in [4.69, 9.17) is 0 Å². The van der Waals surface area contributed by atoms with E-state index in [2.05, 4.69) is 31.9 Å². The van der Waals surface area contributed by atoms with Crippen molar-refractivity contribution < 1.29 is 8.78 Å². The van der Waals surface area contributed by atoms with Crippen LogP contribution in [0.5, 0.6) is 0 Å². The molecule has 0 amide bonds. The average Bonchev–Trinajstić information content (AvgIpc) is 2.37. The summed E-state index contributed by atoms with van der Waals surface area (Å²) < 4.78 is 28.3. The minimum atomic E-state index is -0.303. The summed E-state index contributed by atoms with van der Waals surface area (Å²) in [5.74, 6) is -0.497. The molecule has 0 saturated carbocycles. The van der Waals surface area contributed by atoms with Crippen molar-refractivity contribution >= 4 is 31.9 Å². The third kappa shape index (κ3) is 3.06. The van der Waals surface area contributed by atoms with Crippen molar-refractivity contribution in [3.8, 4) is 0 Å². The van der Waals surface area contributed by atoms with E-state index >= 15 is 0 Å². The van der Waals surface area contributed by atoms with Crippen LogP contribution in [0.15, 0.2) is 34.8 Å². The van der Waals surface area contributed by atoms with E-state index < -0.39 is 0 Å². The molecule has 0 aliphatic rings. The van der Waals surface area contributed by atoms with Gasteiger partial charge in [-0.1, -0.05) is 44.0 Å². The molecule has 0 aliphatic heterocycles. The molecule has 0 spiro atoms. The largest absolute Gasteiger partial charge is 0.207 e. The Morgan fingerprint density at radius 1 is 1.00 bits per heavy atom. The number of alkyl halides is 1. The zero-order chi connectivity index (χ0) is 14.2. The molecule has 0 heterocycles. The minimum absolute atomic E-state index is 0.210. The van der Waals surface area contributed by atoms with Crippen LogP contribution in [-0.2, 0) is 0 Å². The lowest BCUT2D eigenvalue weighted by atomic mass is 10.00. The standard InChI is InChI=1S/C15H12Br2F2/c1-8-5-10(6-9(2)15(8)19)14(17)12-7-11(16)3-4-13(12)18/h3-7,14H,1-2H3. The first-order chi connectivity index (χ1) is 8.90. The molecule has 0 aromatic heterocycles. The first kappa shape index (κ1) is 14.7. The second-order valence-electron chi connectivity index (χ2n) is 4.50. The Morgan fingerprint density at radius 3 is 2.16 bits per heavy atom. The highest BCUT2D eigenvalue weighted by Crippen LogP contribution is 2.35. The third-order valence-electron chi connectivity index (χ3n) is 2.98. The number of hydrogen-bond acceptors (Lipinski definition) is 0. The molecule has 0 N–H and O–H groups in total. The lowest BCUT2D eigenvalue weighted by molar-refractivity contribution is 0.606. The number of rotatable bonds is 2. The summed E-state index contributed by atoms with van der Waals surface area (Å²) in [7, 11) is 0. The van der Waals surface area contributed by atoms with Crippen LogP contribution in [-0.4, -0.2) is 0 Å². The number of hydrogen-bond donors (Lipinski definition) is 0. The van der Waals surface area contributed by atoms with Crippen molar-refractivity contribution in [2.24, 2.45) is 0 Å². The van der Waals surface area contributed by atoms with Crippen LogP contribution >= 0.6 is 31.9 Å². The second kappa shape index (κ2) is 5.71. The van der Waals surface area contributed by atoms with Crippen molar-refractivity contribution in [1.82, 2.24) is 0 Å². The van der Waals surface area contributed by atoms with Gasteiger partial charge in [0.05, 0.1) is 4.83 Å². The van der Waals surface area contributed by atoms with Crippen LogP contribution in [0.4, 0.5) is 8.78 Å². The summed E-state index contributed by atoms with van der Waals surface area (Å²) in [6.07, 6.45) is 0. The summed E-state index contributed by atoms with van der Waals surface area (Å²) in [5.41, 5.74) is 2.50. The Kier molecular flexibility index (Phi) is 4.41. The van der Waals surface area contributed by atoms with Crippen molar-refractivity contribution in [2.75, 3.05) is 0 Å². The first-order valence-electron chi connectivity index (χ1n) is 5.76. The van der Waals surface area contributed by atoms with E-state index in [1.807, 2.05) is 0 Å². The number of aryl methyl sites for hydroxylation is 2. The van der Waals surface area contributed by atoms with Crippen LogP contribution in [0.1, 0.15) is 27.1 Å². The molecule has 4 heteroatoms. The molecule has 1 unspecified atom stereocenters. The van der Waals surface area contributed by atoms with Crippen LogP contribution in [0, 0.1) is 25.5 Å². The van der Waals surface area contributed by atoms with E-state index in [0.29, 0.717) is 16.7 Å². The lowest BCUT2D eigenvalue weighted by Crippen LogP contribution is -1.99. The zero-order valence-electron chi connectivity index (χ0n) is 10.5. The number of benzene rings is 2. The van der Waals surface area contributed by atoms with E-state index in [1.165, 1.54) is 6.07 Å². The van der Waals surface area contributed by atoms with E-state index in [-0.39, 0.29) is 16.5 Å². The van der Waals surface area contributed by atoms with Gasteiger partial charge in [0.1, 0.15) is 11.6 Å². The summed E-state index contributed by atoms with van der Waals surface area (Å²) in [6, 6.07) is 8.27. The van der Waals surface area contributed by atoms with Crippen molar-refractivity contribution in [3.05, 3.63) is 68.7 Å². The maximum absolute atomic E-state index is 13.9. The Labute approximate surface area is 128 Å². The zero-order valence-corrected chi connectivity index (χ0v) is 13.6. The molecule has 1 atom stereocenters. The summed E-state index contributed by atoms with van der Waals surface area (Å²) in [6.45, 7) is 3.42. The summed E-state index contributed by atoms with van der Waals surface area (Å²) in [5, 5.41) is 0. The Hall–Kier alpha value is -0.740. The Balaban J connectivity index is 2.49. The molecule has 19 heavy (non-hydrogen) atoms. The van der Waals surface area contributed by atoms with Gasteiger partial charge in [-0.15, -0.1) is 0 Å². The molecule has 0 fully saturated rings. The minimum Gasteiger partial charge on any atom is -0.207 e.